The van der Waals surface area contributed by atoms with Crippen molar-refractivity contribution in [3.05, 3.63) is 17.0 Å². The molecule has 0 bridgehead atoms. The summed E-state index contributed by atoms with van der Waals surface area (Å²) in [5.41, 5.74) is 7.83. The highest BCUT2D eigenvalue weighted by atomic mass is 16.2. The van der Waals surface area contributed by atoms with E-state index in [4.69, 9.17) is 5.73 Å². The van der Waals surface area contributed by atoms with Gasteiger partial charge in [-0.25, -0.2) is 9.97 Å². The van der Waals surface area contributed by atoms with Gasteiger partial charge in [0.2, 0.25) is 5.95 Å². The molecule has 1 amide bonds. The van der Waals surface area contributed by atoms with E-state index < -0.39 is 0 Å². The van der Waals surface area contributed by atoms with Gasteiger partial charge in [-0.3, -0.25) is 4.79 Å². The molecule has 102 valence electrons. The maximum Gasteiger partial charge on any atom is 0.257 e. The van der Waals surface area contributed by atoms with E-state index in [9.17, 15) is 4.79 Å². The number of hydrogen-bond acceptors (Lipinski definition) is 4. The van der Waals surface area contributed by atoms with Gasteiger partial charge in [0.05, 0.1) is 23.5 Å². The first kappa shape index (κ1) is 12.4. The SMILES string of the molecule is Cc1nc(N)nc2c1C(=O)N(CC1CCCCC1)C2. The minimum Gasteiger partial charge on any atom is -0.368 e. The van der Waals surface area contributed by atoms with Crippen LogP contribution in [0.3, 0.4) is 0 Å². The molecule has 1 aromatic rings. The summed E-state index contributed by atoms with van der Waals surface area (Å²) in [5.74, 6) is 0.999. The third-order valence-electron chi connectivity index (χ3n) is 4.23. The molecule has 0 saturated heterocycles. The van der Waals surface area contributed by atoms with E-state index in [0.29, 0.717) is 23.7 Å². The second-order valence-corrected chi connectivity index (χ2v) is 5.68. The normalized spacial score (nSPS) is 19.8. The molecule has 1 aromatic heterocycles. The predicted molar refractivity (Wildman–Crippen MR) is 72.5 cm³/mol. The number of aromatic nitrogens is 2. The highest BCUT2D eigenvalue weighted by Gasteiger charge is 2.32. The summed E-state index contributed by atoms with van der Waals surface area (Å²) < 4.78 is 0. The van der Waals surface area contributed by atoms with E-state index in [2.05, 4.69) is 9.97 Å². The van der Waals surface area contributed by atoms with Crippen molar-refractivity contribution in [3.8, 4) is 0 Å². The fourth-order valence-electron chi connectivity index (χ4n) is 3.29. The molecule has 3 rings (SSSR count). The van der Waals surface area contributed by atoms with E-state index >= 15 is 0 Å². The van der Waals surface area contributed by atoms with Crippen LogP contribution in [-0.4, -0.2) is 27.3 Å². The third-order valence-corrected chi connectivity index (χ3v) is 4.23. The number of nitrogen functional groups attached to an aromatic ring is 1. The lowest BCUT2D eigenvalue weighted by Crippen LogP contribution is -2.31. The lowest BCUT2D eigenvalue weighted by molar-refractivity contribution is 0.0736. The molecule has 2 aliphatic rings. The minimum atomic E-state index is 0.0815. The molecule has 0 spiro atoms. The molecule has 0 unspecified atom stereocenters. The van der Waals surface area contributed by atoms with Gasteiger partial charge in [-0.15, -0.1) is 0 Å². The summed E-state index contributed by atoms with van der Waals surface area (Å²) in [7, 11) is 0. The van der Waals surface area contributed by atoms with E-state index in [-0.39, 0.29) is 11.9 Å². The van der Waals surface area contributed by atoms with Crippen molar-refractivity contribution in [3.63, 3.8) is 0 Å². The standard InChI is InChI=1S/C14H20N4O/c1-9-12-11(17-14(15)16-9)8-18(13(12)19)7-10-5-3-2-4-6-10/h10H,2-8H2,1H3,(H2,15,16,17). The number of fused-ring (bicyclic) bond motifs is 1. The fraction of sp³-hybridized carbons (Fsp3) is 0.643. The minimum absolute atomic E-state index is 0.0815. The van der Waals surface area contributed by atoms with Crippen LogP contribution >= 0.6 is 0 Å². The summed E-state index contributed by atoms with van der Waals surface area (Å²) >= 11 is 0. The lowest BCUT2D eigenvalue weighted by Gasteiger charge is -2.26. The number of nitrogens with two attached hydrogens (primary N) is 1. The molecule has 1 saturated carbocycles. The Balaban J connectivity index is 1.77. The molecule has 5 nitrogen and oxygen atoms in total. The number of carbonyl (C=O) groups is 1. The first-order chi connectivity index (χ1) is 9.15. The summed E-state index contributed by atoms with van der Waals surface area (Å²) in [5, 5.41) is 0. The van der Waals surface area contributed by atoms with Crippen LogP contribution in [0.1, 0.15) is 53.8 Å². The molecular formula is C14H20N4O. The number of nitrogens with zero attached hydrogens (tertiary/aromatic N) is 3. The predicted octanol–water partition coefficient (Wildman–Crippen LogP) is 1.90. The highest BCUT2D eigenvalue weighted by Crippen LogP contribution is 2.29. The number of amides is 1. The van der Waals surface area contributed by atoms with Crippen LogP contribution in [0.15, 0.2) is 0 Å². The zero-order valence-corrected chi connectivity index (χ0v) is 11.4. The molecule has 2 N–H and O–H groups in total. The van der Waals surface area contributed by atoms with Gasteiger partial charge in [0, 0.05) is 6.54 Å². The number of carbonyl (C=O) groups excluding carboxylic acids is 1. The number of rotatable bonds is 2. The lowest BCUT2D eigenvalue weighted by atomic mass is 9.89. The zero-order chi connectivity index (χ0) is 13.4. The summed E-state index contributed by atoms with van der Waals surface area (Å²) in [6.07, 6.45) is 6.42. The molecule has 1 aliphatic heterocycles. The molecule has 1 aliphatic carbocycles. The van der Waals surface area contributed by atoms with Crippen LogP contribution in [0.4, 0.5) is 5.95 Å². The van der Waals surface area contributed by atoms with Crippen LogP contribution in [0.5, 0.6) is 0 Å². The molecule has 1 fully saturated rings. The molecule has 0 radical (unpaired) electrons. The van der Waals surface area contributed by atoms with Crippen LogP contribution < -0.4 is 5.73 Å². The van der Waals surface area contributed by atoms with Gasteiger partial charge in [0.1, 0.15) is 0 Å². The second kappa shape index (κ2) is 4.79. The molecule has 19 heavy (non-hydrogen) atoms. The van der Waals surface area contributed by atoms with Crippen molar-refractivity contribution in [2.75, 3.05) is 12.3 Å². The van der Waals surface area contributed by atoms with Crippen molar-refractivity contribution in [1.82, 2.24) is 14.9 Å². The third kappa shape index (κ3) is 2.29. The Morgan fingerprint density at radius 1 is 1.26 bits per heavy atom. The second-order valence-electron chi connectivity index (χ2n) is 5.68. The van der Waals surface area contributed by atoms with Crippen molar-refractivity contribution < 1.29 is 4.79 Å². The summed E-state index contributed by atoms with van der Waals surface area (Å²) in [6.45, 7) is 3.28. The molecule has 5 heteroatoms. The largest absolute Gasteiger partial charge is 0.368 e. The highest BCUT2D eigenvalue weighted by molar-refractivity contribution is 5.98. The van der Waals surface area contributed by atoms with Crippen molar-refractivity contribution in [2.45, 2.75) is 45.6 Å². The van der Waals surface area contributed by atoms with E-state index in [1.54, 1.807) is 0 Å². The van der Waals surface area contributed by atoms with Crippen LogP contribution in [-0.2, 0) is 6.54 Å². The van der Waals surface area contributed by atoms with Gasteiger partial charge >= 0.3 is 0 Å². The number of aryl methyl sites for hydroxylation is 1. The Kier molecular flexibility index (Phi) is 3.12. The molecular weight excluding hydrogens is 240 g/mol. The Hall–Kier alpha value is -1.65. The number of anilines is 1. The summed E-state index contributed by atoms with van der Waals surface area (Å²) in [4.78, 5) is 22.6. The smallest absolute Gasteiger partial charge is 0.257 e. The van der Waals surface area contributed by atoms with Crippen LogP contribution in [0, 0.1) is 12.8 Å². The van der Waals surface area contributed by atoms with Gasteiger partial charge in [-0.2, -0.15) is 0 Å². The first-order valence-corrected chi connectivity index (χ1v) is 7.07. The van der Waals surface area contributed by atoms with Gasteiger partial charge < -0.3 is 10.6 Å². The van der Waals surface area contributed by atoms with Crippen molar-refractivity contribution >= 4 is 11.9 Å². The van der Waals surface area contributed by atoms with Crippen LogP contribution in [0.2, 0.25) is 0 Å². The Morgan fingerprint density at radius 2 is 2.00 bits per heavy atom. The maximum absolute atomic E-state index is 12.4. The van der Waals surface area contributed by atoms with Crippen molar-refractivity contribution in [1.29, 1.82) is 0 Å². The van der Waals surface area contributed by atoms with Gasteiger partial charge in [0.15, 0.2) is 0 Å². The molecule has 2 heterocycles. The topological polar surface area (TPSA) is 72.1 Å². The Morgan fingerprint density at radius 3 is 2.74 bits per heavy atom. The van der Waals surface area contributed by atoms with E-state index in [1.807, 2.05) is 11.8 Å². The maximum atomic E-state index is 12.4. The Labute approximate surface area is 113 Å². The average molecular weight is 260 g/mol. The molecule has 0 aromatic carbocycles. The average Bonchev–Trinajstić information content (AvgIpc) is 2.67. The van der Waals surface area contributed by atoms with Gasteiger partial charge in [-0.1, -0.05) is 19.3 Å². The fourth-order valence-corrected chi connectivity index (χ4v) is 3.29. The van der Waals surface area contributed by atoms with Crippen molar-refractivity contribution in [2.24, 2.45) is 5.92 Å². The summed E-state index contributed by atoms with van der Waals surface area (Å²) in [6, 6.07) is 0. The van der Waals surface area contributed by atoms with Gasteiger partial charge in [0.25, 0.3) is 5.91 Å². The first-order valence-electron chi connectivity index (χ1n) is 7.07. The quantitative estimate of drug-likeness (QED) is 0.881. The van der Waals surface area contributed by atoms with Crippen LogP contribution in [0.25, 0.3) is 0 Å². The molecule has 0 atom stereocenters. The zero-order valence-electron chi connectivity index (χ0n) is 11.4. The number of hydrogen-bond donors (Lipinski definition) is 1. The van der Waals surface area contributed by atoms with Gasteiger partial charge in [-0.05, 0) is 25.7 Å². The monoisotopic (exact) mass is 260 g/mol. The Bertz CT molecular complexity index is 508. The van der Waals surface area contributed by atoms with E-state index in [1.165, 1.54) is 32.1 Å². The van der Waals surface area contributed by atoms with E-state index in [0.717, 1.165) is 12.2 Å².